The second-order valence-corrected chi connectivity index (χ2v) is 9.04. The summed E-state index contributed by atoms with van der Waals surface area (Å²) >= 11 is 0. The Morgan fingerprint density at radius 1 is 1.08 bits per heavy atom. The summed E-state index contributed by atoms with van der Waals surface area (Å²) in [7, 11) is -3.77. The average molecular weight is 376 g/mol. The van der Waals surface area contributed by atoms with Crippen LogP contribution in [0.2, 0.25) is 0 Å². The molecule has 140 valence electrons. The van der Waals surface area contributed by atoms with Crippen molar-refractivity contribution in [1.29, 1.82) is 0 Å². The van der Waals surface area contributed by atoms with Crippen LogP contribution in [0, 0.1) is 19.3 Å². The van der Waals surface area contributed by atoms with Crippen LogP contribution in [0.3, 0.4) is 0 Å². The highest BCUT2D eigenvalue weighted by Gasteiger charge is 2.18. The maximum Gasteiger partial charge on any atom is 0.263 e. The van der Waals surface area contributed by atoms with Crippen molar-refractivity contribution >= 4 is 27.4 Å². The molecule has 0 spiro atoms. The van der Waals surface area contributed by atoms with Gasteiger partial charge >= 0.3 is 0 Å². The van der Waals surface area contributed by atoms with Crippen LogP contribution in [0.4, 0.5) is 11.5 Å². The Labute approximate surface area is 154 Å². The number of nitrogens with zero attached hydrogens (tertiary/aromatic N) is 2. The summed E-state index contributed by atoms with van der Waals surface area (Å²) in [5, 5.41) is 2.77. The Balaban J connectivity index is 2.12. The normalized spacial score (nSPS) is 11.9. The van der Waals surface area contributed by atoms with Crippen LogP contribution in [0.1, 0.15) is 38.7 Å². The number of aromatic nitrogens is 2. The molecule has 1 aromatic carbocycles. The fourth-order valence-electron chi connectivity index (χ4n) is 2.37. The van der Waals surface area contributed by atoms with Gasteiger partial charge in [-0.05, 0) is 43.5 Å². The topological polar surface area (TPSA) is 101 Å². The molecule has 0 radical (unpaired) electrons. The van der Waals surface area contributed by atoms with Crippen molar-refractivity contribution in [2.75, 3.05) is 10.0 Å². The van der Waals surface area contributed by atoms with Crippen LogP contribution >= 0.6 is 0 Å². The lowest BCUT2D eigenvalue weighted by Crippen LogP contribution is -2.19. The zero-order valence-corrected chi connectivity index (χ0v) is 16.4. The summed E-state index contributed by atoms with van der Waals surface area (Å²) in [5.41, 5.74) is 1.10. The van der Waals surface area contributed by atoms with E-state index in [1.807, 2.05) is 20.8 Å². The van der Waals surface area contributed by atoms with Crippen molar-refractivity contribution in [2.45, 2.75) is 45.9 Å². The van der Waals surface area contributed by atoms with Crippen LogP contribution in [0.15, 0.2) is 35.2 Å². The fraction of sp³-hybridized carbons (Fsp3) is 0.389. The second-order valence-electron chi connectivity index (χ2n) is 7.36. The highest BCUT2D eigenvalue weighted by atomic mass is 32.2. The molecule has 0 fully saturated rings. The molecule has 1 aromatic heterocycles. The predicted molar refractivity (Wildman–Crippen MR) is 101 cm³/mol. The van der Waals surface area contributed by atoms with E-state index >= 15 is 0 Å². The first-order valence-corrected chi connectivity index (χ1v) is 9.68. The van der Waals surface area contributed by atoms with Gasteiger partial charge in [0.05, 0.1) is 4.90 Å². The van der Waals surface area contributed by atoms with Gasteiger partial charge in [0.1, 0.15) is 11.6 Å². The van der Waals surface area contributed by atoms with Gasteiger partial charge in [-0.3, -0.25) is 9.52 Å². The summed E-state index contributed by atoms with van der Waals surface area (Å²) in [6, 6.07) is 7.56. The molecule has 1 amide bonds. The highest BCUT2D eigenvalue weighted by molar-refractivity contribution is 7.92. The third-order valence-corrected chi connectivity index (χ3v) is 4.71. The van der Waals surface area contributed by atoms with Gasteiger partial charge < -0.3 is 5.32 Å². The van der Waals surface area contributed by atoms with Crippen LogP contribution in [-0.2, 0) is 14.8 Å². The van der Waals surface area contributed by atoms with Gasteiger partial charge in [0.15, 0.2) is 0 Å². The molecule has 0 aliphatic heterocycles. The smallest absolute Gasteiger partial charge is 0.263 e. The lowest BCUT2D eigenvalue weighted by molar-refractivity contribution is -0.117. The number of sulfonamides is 1. The standard InChI is InChI=1S/C18H24N4O3S/c1-12-10-16(20-13(2)19-12)22-26(24,25)15-8-6-14(7-9-15)21-17(23)11-18(3,4)5/h6-10H,11H2,1-5H3,(H,21,23)(H,19,20,22). The molecule has 2 rings (SSSR count). The molecule has 0 aliphatic rings. The van der Waals surface area contributed by atoms with Crippen molar-refractivity contribution in [1.82, 2.24) is 9.97 Å². The zero-order chi connectivity index (χ0) is 19.5. The second kappa shape index (κ2) is 7.41. The number of carbonyl (C=O) groups is 1. The van der Waals surface area contributed by atoms with Gasteiger partial charge in [0.25, 0.3) is 10.0 Å². The van der Waals surface area contributed by atoms with E-state index < -0.39 is 10.0 Å². The first kappa shape index (κ1) is 19.8. The lowest BCUT2D eigenvalue weighted by Gasteiger charge is -2.17. The minimum Gasteiger partial charge on any atom is -0.326 e. The molecular weight excluding hydrogens is 352 g/mol. The molecule has 0 bridgehead atoms. The summed E-state index contributed by atoms with van der Waals surface area (Å²) in [6.07, 6.45) is 0.376. The van der Waals surface area contributed by atoms with Gasteiger partial charge in [0, 0.05) is 23.9 Å². The number of amides is 1. The summed E-state index contributed by atoms with van der Waals surface area (Å²) in [6.45, 7) is 9.39. The van der Waals surface area contributed by atoms with E-state index in [0.29, 0.717) is 23.6 Å². The van der Waals surface area contributed by atoms with E-state index in [4.69, 9.17) is 0 Å². The highest BCUT2D eigenvalue weighted by Crippen LogP contribution is 2.21. The van der Waals surface area contributed by atoms with E-state index in [2.05, 4.69) is 20.0 Å². The first-order chi connectivity index (χ1) is 11.9. The molecule has 7 nitrogen and oxygen atoms in total. The molecule has 0 saturated heterocycles. The number of benzene rings is 1. The van der Waals surface area contributed by atoms with Crippen molar-refractivity contribution in [2.24, 2.45) is 5.41 Å². The largest absolute Gasteiger partial charge is 0.326 e. The van der Waals surface area contributed by atoms with Gasteiger partial charge in [-0.25, -0.2) is 18.4 Å². The van der Waals surface area contributed by atoms with Crippen LogP contribution in [0.25, 0.3) is 0 Å². The Kier molecular flexibility index (Phi) is 5.65. The molecule has 26 heavy (non-hydrogen) atoms. The maximum absolute atomic E-state index is 12.5. The minimum atomic E-state index is -3.77. The van der Waals surface area contributed by atoms with Crippen molar-refractivity contribution in [3.05, 3.63) is 41.9 Å². The molecule has 0 atom stereocenters. The predicted octanol–water partition coefficient (Wildman–Crippen LogP) is 3.27. The number of hydrogen-bond acceptors (Lipinski definition) is 5. The Bertz CT molecular complexity index is 881. The van der Waals surface area contributed by atoms with Crippen LogP contribution < -0.4 is 10.0 Å². The van der Waals surface area contributed by atoms with Crippen molar-refractivity contribution in [3.63, 3.8) is 0 Å². The van der Waals surface area contributed by atoms with Gasteiger partial charge in [-0.15, -0.1) is 0 Å². The Hall–Kier alpha value is -2.48. The molecule has 1 heterocycles. The number of rotatable bonds is 5. The SMILES string of the molecule is Cc1cc(NS(=O)(=O)c2ccc(NC(=O)CC(C)(C)C)cc2)nc(C)n1. The van der Waals surface area contributed by atoms with Crippen molar-refractivity contribution in [3.8, 4) is 0 Å². The molecule has 0 aliphatic carbocycles. The summed E-state index contributed by atoms with van der Waals surface area (Å²) in [5.74, 6) is 0.593. The maximum atomic E-state index is 12.5. The third kappa shape index (κ3) is 5.80. The van der Waals surface area contributed by atoms with Gasteiger partial charge in [0.2, 0.25) is 5.91 Å². The molecule has 0 unspecified atom stereocenters. The average Bonchev–Trinajstić information content (AvgIpc) is 2.43. The fourth-order valence-corrected chi connectivity index (χ4v) is 3.36. The molecule has 2 aromatic rings. The quantitative estimate of drug-likeness (QED) is 0.834. The van der Waals surface area contributed by atoms with E-state index in [1.165, 1.54) is 12.1 Å². The van der Waals surface area contributed by atoms with E-state index in [9.17, 15) is 13.2 Å². The van der Waals surface area contributed by atoms with Crippen molar-refractivity contribution < 1.29 is 13.2 Å². The molecule has 0 saturated carbocycles. The molecular formula is C18H24N4O3S. The third-order valence-electron chi connectivity index (χ3n) is 3.34. The number of anilines is 2. The first-order valence-electron chi connectivity index (χ1n) is 8.20. The number of hydrogen-bond donors (Lipinski definition) is 2. The lowest BCUT2D eigenvalue weighted by atomic mass is 9.92. The minimum absolute atomic E-state index is 0.0836. The van der Waals surface area contributed by atoms with E-state index in [0.717, 1.165) is 0 Å². The van der Waals surface area contributed by atoms with Crippen LogP contribution in [0.5, 0.6) is 0 Å². The Morgan fingerprint density at radius 3 is 2.23 bits per heavy atom. The van der Waals surface area contributed by atoms with E-state index in [-0.39, 0.29) is 22.0 Å². The molecule has 2 N–H and O–H groups in total. The summed E-state index contributed by atoms with van der Waals surface area (Å²) in [4.78, 5) is 20.2. The molecule has 8 heteroatoms. The monoisotopic (exact) mass is 376 g/mol. The van der Waals surface area contributed by atoms with E-state index in [1.54, 1.807) is 32.0 Å². The number of aryl methyl sites for hydroxylation is 2. The van der Waals surface area contributed by atoms with Gasteiger partial charge in [-0.2, -0.15) is 0 Å². The van der Waals surface area contributed by atoms with Gasteiger partial charge in [-0.1, -0.05) is 20.8 Å². The Morgan fingerprint density at radius 2 is 1.69 bits per heavy atom. The van der Waals surface area contributed by atoms with Crippen LogP contribution in [-0.4, -0.2) is 24.3 Å². The zero-order valence-electron chi connectivity index (χ0n) is 15.6. The summed E-state index contributed by atoms with van der Waals surface area (Å²) < 4.78 is 27.4. The number of nitrogens with one attached hydrogen (secondary N) is 2. The number of carbonyl (C=O) groups excluding carboxylic acids is 1.